The molecule has 1 aliphatic rings. The summed E-state index contributed by atoms with van der Waals surface area (Å²) in [6.07, 6.45) is 1.57. The van der Waals surface area contributed by atoms with Crippen LogP contribution in [0.1, 0.15) is 19.3 Å². The van der Waals surface area contributed by atoms with Gasteiger partial charge in [0.05, 0.1) is 12.5 Å². The van der Waals surface area contributed by atoms with Gasteiger partial charge in [-0.25, -0.2) is 0 Å². The Kier molecular flexibility index (Phi) is 5.61. The van der Waals surface area contributed by atoms with E-state index in [1.165, 1.54) is 0 Å². The largest absolute Gasteiger partial charge is 0.494 e. The van der Waals surface area contributed by atoms with Crippen molar-refractivity contribution in [2.24, 2.45) is 5.92 Å². The van der Waals surface area contributed by atoms with Crippen molar-refractivity contribution in [1.29, 1.82) is 0 Å². The Morgan fingerprint density at radius 3 is 2.90 bits per heavy atom. The molecule has 0 unspecified atom stereocenters. The normalized spacial score (nSPS) is 17.8. The number of likely N-dealkylation sites (tertiary alicyclic amines) is 1. The number of carboxylic acid groups (broad SMARTS) is 1. The summed E-state index contributed by atoms with van der Waals surface area (Å²) in [5.41, 5.74) is 0. The second-order valence-electron chi connectivity index (χ2n) is 5.07. The molecule has 1 aromatic carbocycles. The quantitative estimate of drug-likeness (QED) is 0.796. The van der Waals surface area contributed by atoms with Gasteiger partial charge in [0.15, 0.2) is 0 Å². The number of rotatable bonds is 6. The third kappa shape index (κ3) is 4.74. The van der Waals surface area contributed by atoms with Crippen molar-refractivity contribution in [1.82, 2.24) is 4.90 Å². The first-order chi connectivity index (χ1) is 10.1. The Bertz CT molecular complexity index is 520. The van der Waals surface area contributed by atoms with E-state index in [9.17, 15) is 9.59 Å². The van der Waals surface area contributed by atoms with E-state index in [-0.39, 0.29) is 5.91 Å². The fraction of sp³-hybridized carbons (Fsp3) is 0.467. The molecule has 114 valence electrons. The predicted octanol–water partition coefficient (Wildman–Crippen LogP) is 2.54. The first kappa shape index (κ1) is 15.8. The van der Waals surface area contributed by atoms with E-state index in [2.05, 4.69) is 15.9 Å². The van der Waals surface area contributed by atoms with Crippen LogP contribution in [0.15, 0.2) is 28.7 Å². The van der Waals surface area contributed by atoms with Gasteiger partial charge in [-0.15, -0.1) is 0 Å². The number of carbonyl (C=O) groups is 2. The highest BCUT2D eigenvalue weighted by atomic mass is 79.9. The molecule has 1 heterocycles. The van der Waals surface area contributed by atoms with Crippen molar-refractivity contribution in [2.45, 2.75) is 19.3 Å². The molecule has 2 rings (SSSR count). The monoisotopic (exact) mass is 355 g/mol. The van der Waals surface area contributed by atoms with Crippen molar-refractivity contribution in [3.8, 4) is 5.75 Å². The van der Waals surface area contributed by atoms with Crippen LogP contribution in [0, 0.1) is 5.92 Å². The number of aliphatic carboxylic acids is 1. The minimum atomic E-state index is -0.816. The average Bonchev–Trinajstić information content (AvgIpc) is 2.93. The number of hydrogen-bond acceptors (Lipinski definition) is 3. The zero-order chi connectivity index (χ0) is 15.2. The van der Waals surface area contributed by atoms with E-state index in [4.69, 9.17) is 9.84 Å². The van der Waals surface area contributed by atoms with Crippen molar-refractivity contribution < 1.29 is 19.4 Å². The van der Waals surface area contributed by atoms with Crippen LogP contribution >= 0.6 is 15.9 Å². The van der Waals surface area contributed by atoms with Crippen molar-refractivity contribution in [2.75, 3.05) is 19.7 Å². The molecular formula is C15H18BrNO4. The molecule has 0 aromatic heterocycles. The minimum Gasteiger partial charge on any atom is -0.494 e. The van der Waals surface area contributed by atoms with Gasteiger partial charge >= 0.3 is 5.97 Å². The molecule has 5 nitrogen and oxygen atoms in total. The molecule has 6 heteroatoms. The summed E-state index contributed by atoms with van der Waals surface area (Å²) < 4.78 is 6.52. The Morgan fingerprint density at radius 2 is 2.24 bits per heavy atom. The molecule has 0 radical (unpaired) electrons. The van der Waals surface area contributed by atoms with Crippen LogP contribution in [0.2, 0.25) is 0 Å². The summed E-state index contributed by atoms with van der Waals surface area (Å²) in [7, 11) is 0. The van der Waals surface area contributed by atoms with Gasteiger partial charge in [-0.2, -0.15) is 0 Å². The van der Waals surface area contributed by atoms with E-state index < -0.39 is 11.9 Å². The number of hydrogen-bond donors (Lipinski definition) is 1. The van der Waals surface area contributed by atoms with Gasteiger partial charge in [0.25, 0.3) is 0 Å². The van der Waals surface area contributed by atoms with Crippen LogP contribution in [0.5, 0.6) is 5.75 Å². The van der Waals surface area contributed by atoms with E-state index in [0.29, 0.717) is 39.0 Å². The Hall–Kier alpha value is -1.56. The number of nitrogens with zero attached hydrogens (tertiary/aromatic N) is 1. The smallest absolute Gasteiger partial charge is 0.308 e. The Labute approximate surface area is 132 Å². The highest BCUT2D eigenvalue weighted by Gasteiger charge is 2.30. The van der Waals surface area contributed by atoms with Gasteiger partial charge in [-0.3, -0.25) is 9.59 Å². The van der Waals surface area contributed by atoms with Crippen LogP contribution < -0.4 is 4.74 Å². The molecule has 0 saturated carbocycles. The topological polar surface area (TPSA) is 66.8 Å². The second-order valence-corrected chi connectivity index (χ2v) is 5.99. The molecule has 1 aliphatic heterocycles. The zero-order valence-corrected chi connectivity index (χ0v) is 13.2. The van der Waals surface area contributed by atoms with Crippen LogP contribution in [0.25, 0.3) is 0 Å². The number of halogens is 1. The highest BCUT2D eigenvalue weighted by molar-refractivity contribution is 9.10. The van der Waals surface area contributed by atoms with Crippen molar-refractivity contribution >= 4 is 27.8 Å². The number of ether oxygens (including phenoxy) is 1. The number of carboxylic acids is 1. The standard InChI is InChI=1S/C15H18BrNO4/c16-12-3-1-4-13(9-12)21-8-2-5-14(18)17-7-6-11(10-17)15(19)20/h1,3-4,9,11H,2,5-8,10H2,(H,19,20)/t11-/m1/s1. The third-order valence-corrected chi connectivity index (χ3v) is 3.98. The predicted molar refractivity (Wildman–Crippen MR) is 81.2 cm³/mol. The summed E-state index contributed by atoms with van der Waals surface area (Å²) >= 11 is 3.37. The number of benzene rings is 1. The fourth-order valence-electron chi connectivity index (χ4n) is 2.32. The molecule has 1 amide bonds. The maximum atomic E-state index is 11.9. The first-order valence-corrected chi connectivity index (χ1v) is 7.74. The molecule has 1 atom stereocenters. The van der Waals surface area contributed by atoms with Gasteiger partial charge < -0.3 is 14.7 Å². The van der Waals surface area contributed by atoms with Crippen LogP contribution in [0.4, 0.5) is 0 Å². The lowest BCUT2D eigenvalue weighted by molar-refractivity contribution is -0.141. The van der Waals surface area contributed by atoms with Gasteiger partial charge in [0.2, 0.25) is 5.91 Å². The third-order valence-electron chi connectivity index (χ3n) is 3.49. The van der Waals surface area contributed by atoms with Gasteiger partial charge in [0.1, 0.15) is 5.75 Å². The molecule has 0 spiro atoms. The molecule has 1 N–H and O–H groups in total. The van der Waals surface area contributed by atoms with Gasteiger partial charge in [-0.05, 0) is 31.0 Å². The molecule has 1 aromatic rings. The fourth-order valence-corrected chi connectivity index (χ4v) is 2.69. The lowest BCUT2D eigenvalue weighted by Crippen LogP contribution is -2.30. The highest BCUT2D eigenvalue weighted by Crippen LogP contribution is 2.19. The average molecular weight is 356 g/mol. The first-order valence-electron chi connectivity index (χ1n) is 6.95. The van der Waals surface area contributed by atoms with Crippen molar-refractivity contribution in [3.63, 3.8) is 0 Å². The van der Waals surface area contributed by atoms with Crippen LogP contribution in [0.3, 0.4) is 0 Å². The lowest BCUT2D eigenvalue weighted by atomic mass is 10.1. The second kappa shape index (κ2) is 7.45. The lowest BCUT2D eigenvalue weighted by Gasteiger charge is -2.15. The Balaban J connectivity index is 1.67. The summed E-state index contributed by atoms with van der Waals surface area (Å²) in [4.78, 5) is 24.4. The molecule has 0 aliphatic carbocycles. The molecule has 1 saturated heterocycles. The van der Waals surface area contributed by atoms with Gasteiger partial charge in [-0.1, -0.05) is 22.0 Å². The van der Waals surface area contributed by atoms with Crippen molar-refractivity contribution in [3.05, 3.63) is 28.7 Å². The zero-order valence-electron chi connectivity index (χ0n) is 11.6. The SMILES string of the molecule is O=C(O)[C@@H]1CCN(C(=O)CCCOc2cccc(Br)c2)C1. The van der Waals surface area contributed by atoms with Crippen LogP contribution in [-0.2, 0) is 9.59 Å². The van der Waals surface area contributed by atoms with E-state index in [1.54, 1.807) is 4.90 Å². The van der Waals surface area contributed by atoms with E-state index in [1.807, 2.05) is 24.3 Å². The minimum absolute atomic E-state index is 0.0107. The molecule has 0 bridgehead atoms. The maximum absolute atomic E-state index is 11.9. The molecule has 21 heavy (non-hydrogen) atoms. The summed E-state index contributed by atoms with van der Waals surface area (Å²) in [5.74, 6) is -0.448. The summed E-state index contributed by atoms with van der Waals surface area (Å²) in [6.45, 7) is 1.35. The Morgan fingerprint density at radius 1 is 1.43 bits per heavy atom. The maximum Gasteiger partial charge on any atom is 0.308 e. The molecular weight excluding hydrogens is 338 g/mol. The summed E-state index contributed by atoms with van der Waals surface area (Å²) in [5, 5.41) is 8.91. The number of amides is 1. The van der Waals surface area contributed by atoms with Crippen LogP contribution in [-0.4, -0.2) is 41.6 Å². The summed E-state index contributed by atoms with van der Waals surface area (Å²) in [6, 6.07) is 7.55. The molecule has 1 fully saturated rings. The number of carbonyl (C=O) groups excluding carboxylic acids is 1. The van der Waals surface area contributed by atoms with Gasteiger partial charge in [0, 0.05) is 24.0 Å². The van der Waals surface area contributed by atoms with E-state index >= 15 is 0 Å². The van der Waals surface area contributed by atoms with E-state index in [0.717, 1.165) is 10.2 Å².